The number of nitrogens with zero attached hydrogens (tertiary/aromatic N) is 3. The van der Waals surface area contributed by atoms with Crippen LogP contribution in [-0.2, 0) is 15.0 Å². The second-order valence-electron chi connectivity index (χ2n) is 3.02. The van der Waals surface area contributed by atoms with Crippen molar-refractivity contribution in [3.05, 3.63) is 4.91 Å². The highest BCUT2D eigenvalue weighted by Gasteiger charge is 2.39. The molecule has 0 aromatic heterocycles. The van der Waals surface area contributed by atoms with Crippen LogP contribution < -0.4 is 0 Å². The predicted molar refractivity (Wildman–Crippen MR) is 48.5 cm³/mol. The van der Waals surface area contributed by atoms with E-state index in [2.05, 4.69) is 5.18 Å². The van der Waals surface area contributed by atoms with Crippen molar-refractivity contribution in [3.63, 3.8) is 0 Å². The molecule has 1 aliphatic heterocycles. The maximum atomic E-state index is 11.4. The van der Waals surface area contributed by atoms with Gasteiger partial charge in [-0.05, 0) is 6.92 Å². The van der Waals surface area contributed by atoms with Crippen LogP contribution in [0.25, 0.3) is 0 Å². The van der Waals surface area contributed by atoms with Crippen molar-refractivity contribution >= 4 is 16.1 Å². The van der Waals surface area contributed by atoms with Gasteiger partial charge in [0.1, 0.15) is 0 Å². The maximum absolute atomic E-state index is 11.4. The fraction of sp³-hybridized carbons (Fsp3) is 0.833. The fourth-order valence-corrected chi connectivity index (χ4v) is 2.45. The number of carbonyl (C=O) groups is 1. The van der Waals surface area contributed by atoms with Gasteiger partial charge in [-0.25, -0.2) is 4.31 Å². The van der Waals surface area contributed by atoms with Gasteiger partial charge in [0.15, 0.2) is 6.04 Å². The van der Waals surface area contributed by atoms with Crippen LogP contribution in [0.3, 0.4) is 0 Å². The lowest BCUT2D eigenvalue weighted by atomic mass is 10.3. The Labute approximate surface area is 81.8 Å². The van der Waals surface area contributed by atoms with E-state index in [1.54, 1.807) is 0 Å². The van der Waals surface area contributed by atoms with Gasteiger partial charge in [0.25, 0.3) is 5.91 Å². The van der Waals surface area contributed by atoms with Gasteiger partial charge in [0.05, 0.1) is 6.54 Å². The molecular formula is C6H11N3O4S. The molecule has 80 valence electrons. The number of hydrogen-bond acceptors (Lipinski definition) is 5. The standard InChI is InChI=1S/C6H11N3O4S/c1-5(7-11)6(10)9-4-3-8(2)14(9,12)13/h5H,3-4H2,1-2H3. The van der Waals surface area contributed by atoms with Crippen LogP contribution in [-0.4, -0.2) is 49.1 Å². The highest BCUT2D eigenvalue weighted by Crippen LogP contribution is 2.15. The molecule has 0 radical (unpaired) electrons. The smallest absolute Gasteiger partial charge is 0.271 e. The van der Waals surface area contributed by atoms with Gasteiger partial charge < -0.3 is 0 Å². The van der Waals surface area contributed by atoms with E-state index in [1.807, 2.05) is 0 Å². The van der Waals surface area contributed by atoms with Gasteiger partial charge in [-0.2, -0.15) is 12.7 Å². The summed E-state index contributed by atoms with van der Waals surface area (Å²) in [6.07, 6.45) is 0. The summed E-state index contributed by atoms with van der Waals surface area (Å²) in [7, 11) is -2.33. The quantitative estimate of drug-likeness (QED) is 0.569. The number of amides is 1. The van der Waals surface area contributed by atoms with E-state index in [-0.39, 0.29) is 13.1 Å². The average molecular weight is 221 g/mol. The molecule has 0 N–H and O–H groups in total. The molecule has 1 aliphatic rings. The van der Waals surface area contributed by atoms with Crippen LogP contribution in [0.1, 0.15) is 6.92 Å². The minimum atomic E-state index is -3.70. The van der Waals surface area contributed by atoms with E-state index in [0.29, 0.717) is 4.31 Å². The van der Waals surface area contributed by atoms with Gasteiger partial charge in [-0.15, -0.1) is 4.91 Å². The van der Waals surface area contributed by atoms with Gasteiger partial charge in [0, 0.05) is 13.6 Å². The van der Waals surface area contributed by atoms with E-state index >= 15 is 0 Å². The minimum absolute atomic E-state index is 0.0809. The van der Waals surface area contributed by atoms with Crippen LogP contribution in [0, 0.1) is 4.91 Å². The molecule has 0 aliphatic carbocycles. The van der Waals surface area contributed by atoms with Crippen LogP contribution in [0.2, 0.25) is 0 Å². The first kappa shape index (κ1) is 11.1. The van der Waals surface area contributed by atoms with Crippen LogP contribution >= 0.6 is 0 Å². The van der Waals surface area contributed by atoms with Crippen LogP contribution in [0.15, 0.2) is 5.18 Å². The number of rotatable bonds is 2. The first-order chi connectivity index (χ1) is 6.41. The highest BCUT2D eigenvalue weighted by molar-refractivity contribution is 7.87. The molecule has 14 heavy (non-hydrogen) atoms. The van der Waals surface area contributed by atoms with Crippen molar-refractivity contribution < 1.29 is 13.2 Å². The summed E-state index contributed by atoms with van der Waals surface area (Å²) < 4.78 is 24.6. The maximum Gasteiger partial charge on any atom is 0.306 e. The Morgan fingerprint density at radius 1 is 1.43 bits per heavy atom. The van der Waals surface area contributed by atoms with Crippen molar-refractivity contribution in [3.8, 4) is 0 Å². The fourth-order valence-electron chi connectivity index (χ4n) is 1.11. The molecule has 0 spiro atoms. The van der Waals surface area contributed by atoms with E-state index in [9.17, 15) is 18.1 Å². The van der Waals surface area contributed by atoms with Crippen molar-refractivity contribution in [2.24, 2.45) is 5.18 Å². The molecule has 1 rings (SSSR count). The Morgan fingerprint density at radius 2 is 2.00 bits per heavy atom. The third-order valence-corrected chi connectivity index (χ3v) is 3.94. The molecule has 1 atom stereocenters. The van der Waals surface area contributed by atoms with Crippen molar-refractivity contribution in [1.82, 2.24) is 8.61 Å². The Balaban J connectivity index is 2.91. The lowest BCUT2D eigenvalue weighted by Gasteiger charge is -2.16. The molecule has 0 saturated carbocycles. The molecule has 1 saturated heterocycles. The summed E-state index contributed by atoms with van der Waals surface area (Å²) in [5.41, 5.74) is 0. The lowest BCUT2D eigenvalue weighted by Crippen LogP contribution is -2.40. The van der Waals surface area contributed by atoms with Crippen molar-refractivity contribution in [2.45, 2.75) is 13.0 Å². The molecule has 0 aromatic rings. The molecular weight excluding hydrogens is 210 g/mol. The lowest BCUT2D eigenvalue weighted by molar-refractivity contribution is -0.127. The monoisotopic (exact) mass is 221 g/mol. The molecule has 0 bridgehead atoms. The van der Waals surface area contributed by atoms with Gasteiger partial charge in [0.2, 0.25) is 0 Å². The first-order valence-electron chi connectivity index (χ1n) is 4.01. The van der Waals surface area contributed by atoms with Gasteiger partial charge in [-0.3, -0.25) is 4.79 Å². The predicted octanol–water partition coefficient (Wildman–Crippen LogP) is -0.840. The third kappa shape index (κ3) is 1.62. The van der Waals surface area contributed by atoms with E-state index < -0.39 is 22.2 Å². The molecule has 0 aromatic carbocycles. The number of nitroso groups, excluding NO2 is 1. The molecule has 1 fully saturated rings. The topological polar surface area (TPSA) is 87.1 Å². The summed E-state index contributed by atoms with van der Waals surface area (Å²) in [5.74, 6) is -0.774. The largest absolute Gasteiger partial charge is 0.306 e. The Hall–Kier alpha value is -1.02. The van der Waals surface area contributed by atoms with E-state index in [1.165, 1.54) is 14.0 Å². The third-order valence-electron chi connectivity index (χ3n) is 2.05. The van der Waals surface area contributed by atoms with Gasteiger partial charge >= 0.3 is 10.2 Å². The Kier molecular flexibility index (Phi) is 2.86. The molecule has 8 heteroatoms. The zero-order valence-corrected chi connectivity index (χ0v) is 8.69. The van der Waals surface area contributed by atoms with Crippen LogP contribution in [0.5, 0.6) is 0 Å². The molecule has 7 nitrogen and oxygen atoms in total. The first-order valence-corrected chi connectivity index (χ1v) is 5.41. The molecule has 1 unspecified atom stereocenters. The van der Waals surface area contributed by atoms with Gasteiger partial charge in [-0.1, -0.05) is 5.18 Å². The van der Waals surface area contributed by atoms with Crippen LogP contribution in [0.4, 0.5) is 0 Å². The summed E-state index contributed by atoms with van der Waals surface area (Å²) in [6.45, 7) is 1.60. The van der Waals surface area contributed by atoms with Crippen molar-refractivity contribution in [2.75, 3.05) is 20.1 Å². The normalized spacial score (nSPS) is 23.4. The minimum Gasteiger partial charge on any atom is -0.271 e. The summed E-state index contributed by atoms with van der Waals surface area (Å²) in [6, 6.07) is -1.16. The summed E-state index contributed by atoms with van der Waals surface area (Å²) in [4.78, 5) is 21.5. The van der Waals surface area contributed by atoms with E-state index in [4.69, 9.17) is 0 Å². The Morgan fingerprint density at radius 3 is 2.36 bits per heavy atom. The average Bonchev–Trinajstić information content (AvgIpc) is 2.40. The van der Waals surface area contributed by atoms with Crippen molar-refractivity contribution in [1.29, 1.82) is 0 Å². The second kappa shape index (κ2) is 3.62. The summed E-state index contributed by atoms with van der Waals surface area (Å²) in [5, 5.41) is 2.50. The second-order valence-corrected chi connectivity index (χ2v) is 4.98. The Bertz CT molecular complexity index is 352. The van der Waals surface area contributed by atoms with E-state index in [0.717, 1.165) is 4.31 Å². The molecule has 1 amide bonds. The SMILES string of the molecule is CC(N=O)C(=O)N1CCN(C)S1(=O)=O. The zero-order chi connectivity index (χ0) is 10.9. The number of hydrogen-bond donors (Lipinski definition) is 0. The molecule has 1 heterocycles. The number of carbonyl (C=O) groups excluding carboxylic acids is 1. The number of likely N-dealkylation sites (N-methyl/N-ethyl adjacent to an activating group) is 1. The highest BCUT2D eigenvalue weighted by atomic mass is 32.2. The summed E-state index contributed by atoms with van der Waals surface area (Å²) >= 11 is 0. The zero-order valence-electron chi connectivity index (χ0n) is 7.87.